The molecule has 2 aromatic rings. The SMILES string of the molecule is CCOC(=O)C1Cc2cc3nc(CN=[N+]=[N-])oc3c(F)c2C1. The first kappa shape index (κ1) is 14.3. The van der Waals surface area contributed by atoms with Crippen LogP contribution in [0.3, 0.4) is 0 Å². The Morgan fingerprint density at radius 1 is 1.64 bits per heavy atom. The molecular formula is C14H13FN4O3. The maximum atomic E-state index is 14.5. The molecule has 0 radical (unpaired) electrons. The molecule has 0 amide bonds. The second-order valence-corrected chi connectivity index (χ2v) is 5.03. The number of ether oxygens (including phenoxy) is 1. The molecule has 1 aliphatic rings. The molecule has 1 aliphatic carbocycles. The molecule has 0 N–H and O–H groups in total. The first-order chi connectivity index (χ1) is 10.6. The molecular weight excluding hydrogens is 291 g/mol. The van der Waals surface area contributed by atoms with Gasteiger partial charge >= 0.3 is 5.97 Å². The van der Waals surface area contributed by atoms with Crippen molar-refractivity contribution in [2.45, 2.75) is 26.3 Å². The van der Waals surface area contributed by atoms with Gasteiger partial charge in [0.2, 0.25) is 5.89 Å². The molecule has 0 fully saturated rings. The Balaban J connectivity index is 1.95. The van der Waals surface area contributed by atoms with Gasteiger partial charge in [-0.1, -0.05) is 5.11 Å². The van der Waals surface area contributed by atoms with Crippen LogP contribution in [0.4, 0.5) is 4.39 Å². The van der Waals surface area contributed by atoms with E-state index in [0.717, 1.165) is 5.56 Å². The minimum Gasteiger partial charge on any atom is -0.466 e. The number of oxazole rings is 1. The summed E-state index contributed by atoms with van der Waals surface area (Å²) in [5, 5.41) is 3.34. The Morgan fingerprint density at radius 2 is 2.45 bits per heavy atom. The lowest BCUT2D eigenvalue weighted by molar-refractivity contribution is -0.147. The highest BCUT2D eigenvalue weighted by Crippen LogP contribution is 2.34. The van der Waals surface area contributed by atoms with Gasteiger partial charge in [-0.15, -0.1) is 0 Å². The Bertz CT molecular complexity index is 795. The van der Waals surface area contributed by atoms with Crippen molar-refractivity contribution >= 4 is 17.1 Å². The van der Waals surface area contributed by atoms with Gasteiger partial charge in [-0.05, 0) is 42.5 Å². The second kappa shape index (κ2) is 5.65. The van der Waals surface area contributed by atoms with Crippen LogP contribution in [-0.4, -0.2) is 17.6 Å². The number of hydrogen-bond acceptors (Lipinski definition) is 5. The number of esters is 1. The van der Waals surface area contributed by atoms with Crippen molar-refractivity contribution in [2.24, 2.45) is 11.0 Å². The quantitative estimate of drug-likeness (QED) is 0.375. The molecule has 7 nitrogen and oxygen atoms in total. The largest absolute Gasteiger partial charge is 0.466 e. The zero-order valence-corrected chi connectivity index (χ0v) is 11.9. The molecule has 3 rings (SSSR count). The van der Waals surface area contributed by atoms with Crippen molar-refractivity contribution in [1.29, 1.82) is 0 Å². The third kappa shape index (κ3) is 2.37. The van der Waals surface area contributed by atoms with E-state index in [1.807, 2.05) is 0 Å². The Labute approximate surface area is 124 Å². The lowest BCUT2D eigenvalue weighted by atomic mass is 10.1. The smallest absolute Gasteiger partial charge is 0.309 e. The van der Waals surface area contributed by atoms with E-state index < -0.39 is 5.82 Å². The van der Waals surface area contributed by atoms with Gasteiger partial charge in [-0.2, -0.15) is 0 Å². The first-order valence-electron chi connectivity index (χ1n) is 6.91. The van der Waals surface area contributed by atoms with Gasteiger partial charge < -0.3 is 9.15 Å². The Morgan fingerprint density at radius 3 is 3.18 bits per heavy atom. The van der Waals surface area contributed by atoms with E-state index in [2.05, 4.69) is 15.0 Å². The molecule has 8 heteroatoms. The summed E-state index contributed by atoms with van der Waals surface area (Å²) in [5.74, 6) is -1.01. The molecule has 1 unspecified atom stereocenters. The summed E-state index contributed by atoms with van der Waals surface area (Å²) in [5.41, 5.74) is 9.90. The van der Waals surface area contributed by atoms with E-state index in [1.54, 1.807) is 13.0 Å². The zero-order chi connectivity index (χ0) is 15.7. The van der Waals surface area contributed by atoms with Gasteiger partial charge in [0.05, 0.1) is 12.5 Å². The third-order valence-corrected chi connectivity index (χ3v) is 3.67. The third-order valence-electron chi connectivity index (χ3n) is 3.67. The number of rotatable bonds is 4. The average Bonchev–Trinajstić information content (AvgIpc) is 3.10. The molecule has 0 saturated carbocycles. The van der Waals surface area contributed by atoms with Crippen LogP contribution in [0.5, 0.6) is 0 Å². The maximum absolute atomic E-state index is 14.5. The van der Waals surface area contributed by atoms with E-state index >= 15 is 0 Å². The van der Waals surface area contributed by atoms with Crippen molar-refractivity contribution in [2.75, 3.05) is 6.61 Å². The molecule has 0 saturated heterocycles. The summed E-state index contributed by atoms with van der Waals surface area (Å²) in [4.78, 5) is 18.5. The lowest BCUT2D eigenvalue weighted by Crippen LogP contribution is -2.17. The molecule has 1 heterocycles. The summed E-state index contributed by atoms with van der Waals surface area (Å²) in [6, 6.07) is 1.72. The molecule has 0 aliphatic heterocycles. The van der Waals surface area contributed by atoms with Crippen molar-refractivity contribution in [3.63, 3.8) is 0 Å². The van der Waals surface area contributed by atoms with Gasteiger partial charge in [-0.3, -0.25) is 4.79 Å². The minimum absolute atomic E-state index is 0.0337. The summed E-state index contributed by atoms with van der Waals surface area (Å²) in [6.45, 7) is 1.98. The normalized spacial score (nSPS) is 16.4. The van der Waals surface area contributed by atoms with E-state index in [-0.39, 0.29) is 29.9 Å². The van der Waals surface area contributed by atoms with E-state index in [1.165, 1.54) is 0 Å². The van der Waals surface area contributed by atoms with E-state index in [4.69, 9.17) is 14.7 Å². The van der Waals surface area contributed by atoms with Crippen LogP contribution in [0.2, 0.25) is 0 Å². The number of azide groups is 1. The van der Waals surface area contributed by atoms with Crippen molar-refractivity contribution in [1.82, 2.24) is 4.98 Å². The average molecular weight is 304 g/mol. The van der Waals surface area contributed by atoms with Gasteiger partial charge in [0.25, 0.3) is 0 Å². The summed E-state index contributed by atoms with van der Waals surface area (Å²) in [6.07, 6.45) is 0.724. The first-order valence-corrected chi connectivity index (χ1v) is 6.91. The van der Waals surface area contributed by atoms with Crippen LogP contribution in [0, 0.1) is 11.7 Å². The fourth-order valence-electron chi connectivity index (χ4n) is 2.74. The Kier molecular flexibility index (Phi) is 3.68. The van der Waals surface area contributed by atoms with Gasteiger partial charge in [0.15, 0.2) is 11.4 Å². The number of benzene rings is 1. The summed E-state index contributed by atoms with van der Waals surface area (Å²) >= 11 is 0. The van der Waals surface area contributed by atoms with Crippen LogP contribution >= 0.6 is 0 Å². The lowest BCUT2D eigenvalue weighted by Gasteiger charge is -2.06. The predicted molar refractivity (Wildman–Crippen MR) is 74.3 cm³/mol. The monoisotopic (exact) mass is 304 g/mol. The number of fused-ring (bicyclic) bond motifs is 2. The maximum Gasteiger partial charge on any atom is 0.309 e. The van der Waals surface area contributed by atoms with Crippen molar-refractivity contribution < 1.29 is 18.3 Å². The fraction of sp³-hybridized carbons (Fsp3) is 0.429. The van der Waals surface area contributed by atoms with Crippen molar-refractivity contribution in [3.8, 4) is 0 Å². The second-order valence-electron chi connectivity index (χ2n) is 5.03. The van der Waals surface area contributed by atoms with Crippen LogP contribution in [0.25, 0.3) is 21.5 Å². The van der Waals surface area contributed by atoms with Crippen LogP contribution in [-0.2, 0) is 28.9 Å². The van der Waals surface area contributed by atoms with Crippen LogP contribution in [0.15, 0.2) is 15.6 Å². The molecule has 1 aromatic heterocycles. The highest BCUT2D eigenvalue weighted by molar-refractivity contribution is 5.79. The topological polar surface area (TPSA) is 101 Å². The van der Waals surface area contributed by atoms with Gasteiger partial charge in [0.1, 0.15) is 12.1 Å². The molecule has 1 atom stereocenters. The number of carbonyl (C=O) groups excluding carboxylic acids is 1. The Hall–Kier alpha value is -2.60. The highest BCUT2D eigenvalue weighted by Gasteiger charge is 2.32. The predicted octanol–water partition coefficient (Wildman–Crippen LogP) is 3.06. The van der Waals surface area contributed by atoms with E-state index in [9.17, 15) is 9.18 Å². The number of aromatic nitrogens is 1. The fourth-order valence-corrected chi connectivity index (χ4v) is 2.74. The summed E-state index contributed by atoms with van der Waals surface area (Å²) in [7, 11) is 0. The van der Waals surface area contributed by atoms with Crippen LogP contribution < -0.4 is 0 Å². The standard InChI is InChI=1S/C14H13FN4O3/c1-2-21-14(20)8-3-7-5-10-13(12(15)9(7)4-8)22-11(18-10)6-17-19-16/h5,8H,2-4,6H2,1H3. The van der Waals surface area contributed by atoms with Gasteiger partial charge in [0, 0.05) is 4.91 Å². The summed E-state index contributed by atoms with van der Waals surface area (Å²) < 4.78 is 24.8. The van der Waals surface area contributed by atoms with E-state index in [0.29, 0.717) is 30.5 Å². The molecule has 1 aromatic carbocycles. The number of nitrogens with zero attached hydrogens (tertiary/aromatic N) is 4. The molecule has 114 valence electrons. The molecule has 0 bridgehead atoms. The molecule has 22 heavy (non-hydrogen) atoms. The number of hydrogen-bond donors (Lipinski definition) is 0. The van der Waals surface area contributed by atoms with Crippen molar-refractivity contribution in [3.05, 3.63) is 39.3 Å². The highest BCUT2D eigenvalue weighted by atomic mass is 19.1. The number of halogens is 1. The number of carbonyl (C=O) groups is 1. The zero-order valence-electron chi connectivity index (χ0n) is 11.9. The van der Waals surface area contributed by atoms with Crippen LogP contribution in [0.1, 0.15) is 23.9 Å². The molecule has 0 spiro atoms. The van der Waals surface area contributed by atoms with Gasteiger partial charge in [-0.25, -0.2) is 9.37 Å². The minimum atomic E-state index is -0.501.